The number of aromatic amines is 1. The lowest BCUT2D eigenvalue weighted by Gasteiger charge is -2.19. The minimum Gasteiger partial charge on any atom is -0.486 e. The zero-order chi connectivity index (χ0) is 22.1. The number of nitrogens with zero attached hydrogens (tertiary/aromatic N) is 1. The minimum absolute atomic E-state index is 0.0598. The number of carbonyl (C=O) groups excluding carboxylic acids is 1. The van der Waals surface area contributed by atoms with E-state index in [-0.39, 0.29) is 16.5 Å². The SMILES string of the molecule is O=C(Nc1ccc(NS(=O)(=O)c2ccc3c(c2)OCCO3)cc1)c1n[nH]c2ccccc12. The molecule has 1 aromatic heterocycles. The lowest BCUT2D eigenvalue weighted by molar-refractivity contribution is 0.102. The predicted octanol–water partition coefficient (Wildman–Crippen LogP) is 3.39. The third-order valence-electron chi connectivity index (χ3n) is 4.90. The van der Waals surface area contributed by atoms with Crippen LogP contribution in [0.15, 0.2) is 71.6 Å². The average molecular weight is 450 g/mol. The molecule has 0 unspecified atom stereocenters. The van der Waals surface area contributed by atoms with E-state index in [1.54, 1.807) is 30.3 Å². The molecule has 2 heterocycles. The summed E-state index contributed by atoms with van der Waals surface area (Å²) in [6, 6.07) is 18.1. The van der Waals surface area contributed by atoms with Crippen LogP contribution in [0.3, 0.4) is 0 Å². The molecule has 3 aromatic carbocycles. The Bertz CT molecular complexity index is 1410. The fourth-order valence-corrected chi connectivity index (χ4v) is 4.43. The van der Waals surface area contributed by atoms with Crippen molar-refractivity contribution in [3.8, 4) is 11.5 Å². The third-order valence-corrected chi connectivity index (χ3v) is 6.28. The quantitative estimate of drug-likeness (QED) is 0.428. The topological polar surface area (TPSA) is 122 Å². The minimum atomic E-state index is -3.83. The molecule has 0 fully saturated rings. The maximum Gasteiger partial charge on any atom is 0.276 e. The lowest BCUT2D eigenvalue weighted by Crippen LogP contribution is -2.17. The van der Waals surface area contributed by atoms with Crippen molar-refractivity contribution in [1.29, 1.82) is 0 Å². The van der Waals surface area contributed by atoms with Gasteiger partial charge in [0, 0.05) is 22.8 Å². The highest BCUT2D eigenvalue weighted by atomic mass is 32.2. The van der Waals surface area contributed by atoms with E-state index in [1.165, 1.54) is 12.1 Å². The maximum atomic E-state index is 12.7. The molecule has 5 rings (SSSR count). The summed E-state index contributed by atoms with van der Waals surface area (Å²) in [5.41, 5.74) is 1.90. The number of hydrogen-bond donors (Lipinski definition) is 3. The molecule has 0 atom stereocenters. The molecular formula is C22H18N4O5S. The molecule has 0 saturated heterocycles. The van der Waals surface area contributed by atoms with Crippen LogP contribution in [0.2, 0.25) is 0 Å². The molecule has 10 heteroatoms. The van der Waals surface area contributed by atoms with Crippen LogP contribution in [0.1, 0.15) is 10.5 Å². The Balaban J connectivity index is 1.30. The molecule has 0 spiro atoms. The summed E-state index contributed by atoms with van der Waals surface area (Å²) in [5.74, 6) is 0.537. The highest BCUT2D eigenvalue weighted by Gasteiger charge is 2.20. The van der Waals surface area contributed by atoms with Crippen LogP contribution >= 0.6 is 0 Å². The van der Waals surface area contributed by atoms with Crippen LogP contribution in [0, 0.1) is 0 Å². The van der Waals surface area contributed by atoms with E-state index in [0.717, 1.165) is 5.52 Å². The number of amides is 1. The smallest absolute Gasteiger partial charge is 0.276 e. The summed E-state index contributed by atoms with van der Waals surface area (Å²) in [5, 5.41) is 10.4. The number of fused-ring (bicyclic) bond motifs is 2. The Morgan fingerprint density at radius 2 is 1.62 bits per heavy atom. The van der Waals surface area contributed by atoms with Crippen LogP contribution in [0.5, 0.6) is 11.5 Å². The van der Waals surface area contributed by atoms with Crippen LogP contribution < -0.4 is 19.5 Å². The van der Waals surface area contributed by atoms with Crippen molar-refractivity contribution in [2.75, 3.05) is 23.3 Å². The molecule has 1 aliphatic heterocycles. The zero-order valence-corrected chi connectivity index (χ0v) is 17.5. The van der Waals surface area contributed by atoms with Gasteiger partial charge < -0.3 is 14.8 Å². The van der Waals surface area contributed by atoms with Crippen LogP contribution in [0.25, 0.3) is 10.9 Å². The van der Waals surface area contributed by atoms with Crippen molar-refractivity contribution >= 4 is 38.2 Å². The van der Waals surface area contributed by atoms with Gasteiger partial charge in [-0.2, -0.15) is 5.10 Å². The van der Waals surface area contributed by atoms with Gasteiger partial charge in [0.2, 0.25) is 0 Å². The molecule has 3 N–H and O–H groups in total. The largest absolute Gasteiger partial charge is 0.486 e. The summed E-state index contributed by atoms with van der Waals surface area (Å²) in [7, 11) is -3.83. The highest BCUT2D eigenvalue weighted by Crippen LogP contribution is 2.32. The molecule has 0 bridgehead atoms. The van der Waals surface area contributed by atoms with Gasteiger partial charge >= 0.3 is 0 Å². The summed E-state index contributed by atoms with van der Waals surface area (Å²) in [6.07, 6.45) is 0. The van der Waals surface area contributed by atoms with Gasteiger partial charge in [-0.25, -0.2) is 8.42 Å². The first-order valence-corrected chi connectivity index (χ1v) is 11.2. The van der Waals surface area contributed by atoms with E-state index in [0.29, 0.717) is 41.5 Å². The number of sulfonamides is 1. The van der Waals surface area contributed by atoms with Gasteiger partial charge in [0.1, 0.15) is 13.2 Å². The van der Waals surface area contributed by atoms with Gasteiger partial charge in [0.05, 0.1) is 10.4 Å². The Kier molecular flexibility index (Phi) is 4.91. The van der Waals surface area contributed by atoms with E-state index in [4.69, 9.17) is 9.47 Å². The monoisotopic (exact) mass is 450 g/mol. The first-order valence-electron chi connectivity index (χ1n) is 9.77. The van der Waals surface area contributed by atoms with Crippen molar-refractivity contribution in [1.82, 2.24) is 10.2 Å². The number of H-pyrrole nitrogens is 1. The highest BCUT2D eigenvalue weighted by molar-refractivity contribution is 7.92. The molecule has 1 amide bonds. The standard InChI is InChI=1S/C22H18N4O5S/c27-22(21-17-3-1-2-4-18(17)24-25-21)23-14-5-7-15(8-6-14)26-32(28,29)16-9-10-19-20(13-16)31-12-11-30-19/h1-10,13,26H,11-12H2,(H,23,27)(H,24,25). The van der Waals surface area contributed by atoms with Crippen LogP contribution in [-0.4, -0.2) is 37.7 Å². The fraction of sp³-hybridized carbons (Fsp3) is 0.0909. The Morgan fingerprint density at radius 3 is 2.44 bits per heavy atom. The molecular weight excluding hydrogens is 432 g/mol. The third kappa shape index (κ3) is 3.83. The van der Waals surface area contributed by atoms with Gasteiger partial charge in [-0.15, -0.1) is 0 Å². The normalized spacial score (nSPS) is 13.0. The van der Waals surface area contributed by atoms with Gasteiger partial charge in [-0.1, -0.05) is 18.2 Å². The van der Waals surface area contributed by atoms with Crippen LogP contribution in [-0.2, 0) is 10.0 Å². The van der Waals surface area contributed by atoms with Gasteiger partial charge in [0.25, 0.3) is 15.9 Å². The van der Waals surface area contributed by atoms with Crippen molar-refractivity contribution in [3.63, 3.8) is 0 Å². The number of ether oxygens (including phenoxy) is 2. The molecule has 1 aliphatic rings. The van der Waals surface area contributed by atoms with E-state index < -0.39 is 10.0 Å². The molecule has 162 valence electrons. The number of aromatic nitrogens is 2. The number of carbonyl (C=O) groups is 1. The number of para-hydroxylation sites is 1. The summed E-state index contributed by atoms with van der Waals surface area (Å²) >= 11 is 0. The molecule has 0 radical (unpaired) electrons. The summed E-state index contributed by atoms with van der Waals surface area (Å²) < 4.78 is 38.9. The number of benzene rings is 3. The average Bonchev–Trinajstić information content (AvgIpc) is 3.24. The Labute approximate surface area is 183 Å². The number of rotatable bonds is 5. The van der Waals surface area contributed by atoms with Crippen molar-refractivity contribution in [2.24, 2.45) is 0 Å². The zero-order valence-electron chi connectivity index (χ0n) is 16.7. The van der Waals surface area contributed by atoms with Crippen molar-refractivity contribution in [3.05, 3.63) is 72.4 Å². The second-order valence-corrected chi connectivity index (χ2v) is 8.74. The Morgan fingerprint density at radius 1 is 0.906 bits per heavy atom. The predicted molar refractivity (Wildman–Crippen MR) is 119 cm³/mol. The fourth-order valence-electron chi connectivity index (χ4n) is 3.35. The first-order chi connectivity index (χ1) is 15.5. The molecule has 9 nitrogen and oxygen atoms in total. The van der Waals surface area contributed by atoms with Gasteiger partial charge in [-0.3, -0.25) is 14.6 Å². The second kappa shape index (κ2) is 7.89. The van der Waals surface area contributed by atoms with Crippen molar-refractivity contribution < 1.29 is 22.7 Å². The first kappa shape index (κ1) is 19.9. The van der Waals surface area contributed by atoms with Gasteiger partial charge in [0.15, 0.2) is 17.2 Å². The van der Waals surface area contributed by atoms with Crippen LogP contribution in [0.4, 0.5) is 11.4 Å². The maximum absolute atomic E-state index is 12.7. The second-order valence-electron chi connectivity index (χ2n) is 7.06. The molecule has 0 saturated carbocycles. The lowest BCUT2D eigenvalue weighted by atomic mass is 10.2. The van der Waals surface area contributed by atoms with E-state index in [1.807, 2.05) is 24.3 Å². The summed E-state index contributed by atoms with van der Waals surface area (Å²) in [6.45, 7) is 0.793. The molecule has 0 aliphatic carbocycles. The number of hydrogen-bond acceptors (Lipinski definition) is 6. The van der Waals surface area contributed by atoms with E-state index in [2.05, 4.69) is 20.2 Å². The number of anilines is 2. The Hall–Kier alpha value is -4.05. The molecule has 32 heavy (non-hydrogen) atoms. The van der Waals surface area contributed by atoms with E-state index >= 15 is 0 Å². The van der Waals surface area contributed by atoms with Crippen molar-refractivity contribution in [2.45, 2.75) is 4.90 Å². The summed E-state index contributed by atoms with van der Waals surface area (Å²) in [4.78, 5) is 12.6. The van der Waals surface area contributed by atoms with Gasteiger partial charge in [-0.05, 0) is 42.5 Å². The molecule has 4 aromatic rings. The van der Waals surface area contributed by atoms with E-state index in [9.17, 15) is 13.2 Å². The number of nitrogens with one attached hydrogen (secondary N) is 3.